The van der Waals surface area contributed by atoms with Gasteiger partial charge in [0.1, 0.15) is 0 Å². The first-order valence-electron chi connectivity index (χ1n) is 6.13. The van der Waals surface area contributed by atoms with Crippen molar-refractivity contribution in [2.75, 3.05) is 0 Å². The van der Waals surface area contributed by atoms with E-state index in [0.717, 1.165) is 5.56 Å². The Bertz CT molecular complexity index is 498. The molecule has 4 nitrogen and oxygen atoms in total. The monoisotopic (exact) mass is 288 g/mol. The molecule has 0 saturated carbocycles. The average Bonchev–Trinajstić information content (AvgIpc) is 2.20. The SMILES string of the molecule is Cc1cc(C(C)(C)C)cc(C)c1C(C(=O)O)C(=O)O.[H-].[Na+]. The minimum Gasteiger partial charge on any atom is -1.00 e. The summed E-state index contributed by atoms with van der Waals surface area (Å²) >= 11 is 0. The number of aliphatic carboxylic acids is 2. The van der Waals surface area contributed by atoms with Crippen molar-refractivity contribution >= 4 is 11.9 Å². The molecule has 2 N–H and O–H groups in total. The molecule has 0 spiro atoms. The zero-order valence-corrected chi connectivity index (χ0v) is 14.9. The van der Waals surface area contributed by atoms with E-state index in [9.17, 15) is 9.59 Å². The van der Waals surface area contributed by atoms with E-state index in [1.807, 2.05) is 12.1 Å². The van der Waals surface area contributed by atoms with Crippen molar-refractivity contribution in [1.82, 2.24) is 0 Å². The fourth-order valence-electron chi connectivity index (χ4n) is 2.22. The number of carboxylic acids is 2. The Hall–Kier alpha value is -0.840. The second-order valence-electron chi connectivity index (χ2n) is 5.88. The van der Waals surface area contributed by atoms with E-state index >= 15 is 0 Å². The first-order valence-corrected chi connectivity index (χ1v) is 6.13. The Morgan fingerprint density at radius 3 is 1.65 bits per heavy atom. The Morgan fingerprint density at radius 1 is 1.05 bits per heavy atom. The van der Waals surface area contributed by atoms with Crippen LogP contribution < -0.4 is 29.6 Å². The van der Waals surface area contributed by atoms with Crippen LogP contribution in [0.5, 0.6) is 0 Å². The summed E-state index contributed by atoms with van der Waals surface area (Å²) in [5.74, 6) is -4.17. The smallest absolute Gasteiger partial charge is 1.00 e. The topological polar surface area (TPSA) is 74.6 Å². The van der Waals surface area contributed by atoms with E-state index in [2.05, 4.69) is 20.8 Å². The van der Waals surface area contributed by atoms with Crippen molar-refractivity contribution in [3.8, 4) is 0 Å². The molecule has 0 radical (unpaired) electrons. The Labute approximate surface area is 143 Å². The summed E-state index contributed by atoms with van der Waals surface area (Å²) in [5.41, 5.74) is 2.81. The molecule has 5 heteroatoms. The Balaban J connectivity index is 0. The summed E-state index contributed by atoms with van der Waals surface area (Å²) in [6.07, 6.45) is 0. The van der Waals surface area contributed by atoms with Gasteiger partial charge >= 0.3 is 41.5 Å². The molecule has 0 aliphatic carbocycles. The van der Waals surface area contributed by atoms with Crippen LogP contribution in [0.1, 0.15) is 50.4 Å². The Kier molecular flexibility index (Phi) is 6.46. The standard InChI is InChI=1S/C15H20O4.Na.H/c1-8-6-10(15(3,4)5)7-9(2)11(8)12(13(16)17)14(18)19;;/h6-7,12H,1-5H3,(H,16,17)(H,18,19);;/q;+1;-1. The van der Waals surface area contributed by atoms with E-state index in [1.165, 1.54) is 0 Å². The molecule has 0 saturated heterocycles. The quantitative estimate of drug-likeness (QED) is 0.605. The zero-order chi connectivity index (χ0) is 15.0. The molecule has 0 atom stereocenters. The second kappa shape index (κ2) is 6.74. The average molecular weight is 288 g/mol. The molecule has 1 aromatic rings. The molecule has 0 amide bonds. The van der Waals surface area contributed by atoms with Gasteiger partial charge in [-0.15, -0.1) is 0 Å². The first kappa shape index (κ1) is 19.2. The minimum atomic E-state index is -1.51. The van der Waals surface area contributed by atoms with Crippen LogP contribution in [-0.4, -0.2) is 22.2 Å². The van der Waals surface area contributed by atoms with Crippen LogP contribution in [0.25, 0.3) is 0 Å². The molecule has 0 aliphatic rings. The maximum absolute atomic E-state index is 11.1. The predicted octanol–water partition coefficient (Wildman–Crippen LogP) is -0.0298. The summed E-state index contributed by atoms with van der Waals surface area (Å²) in [5, 5.41) is 18.2. The number of aryl methyl sites for hydroxylation is 2. The van der Waals surface area contributed by atoms with Gasteiger partial charge in [-0.25, -0.2) is 0 Å². The van der Waals surface area contributed by atoms with Crippen molar-refractivity contribution < 1.29 is 50.8 Å². The van der Waals surface area contributed by atoms with Crippen LogP contribution in [0.3, 0.4) is 0 Å². The van der Waals surface area contributed by atoms with Crippen molar-refractivity contribution in [3.05, 3.63) is 34.4 Å². The van der Waals surface area contributed by atoms with Crippen molar-refractivity contribution in [2.24, 2.45) is 0 Å². The summed E-state index contributed by atoms with van der Waals surface area (Å²) in [7, 11) is 0. The van der Waals surface area contributed by atoms with Crippen LogP contribution in [-0.2, 0) is 15.0 Å². The molecule has 0 heterocycles. The van der Waals surface area contributed by atoms with Gasteiger partial charge in [0.25, 0.3) is 0 Å². The second-order valence-corrected chi connectivity index (χ2v) is 5.88. The molecule has 0 aliphatic heterocycles. The van der Waals surface area contributed by atoms with Crippen LogP contribution in [0.15, 0.2) is 12.1 Å². The van der Waals surface area contributed by atoms with E-state index in [-0.39, 0.29) is 36.4 Å². The molecule has 106 valence electrons. The maximum Gasteiger partial charge on any atom is 1.00 e. The van der Waals surface area contributed by atoms with Crippen LogP contribution in [0, 0.1) is 13.8 Å². The third kappa shape index (κ3) is 4.08. The number of hydrogen-bond acceptors (Lipinski definition) is 2. The molecule has 0 bridgehead atoms. The largest absolute Gasteiger partial charge is 1.00 e. The van der Waals surface area contributed by atoms with Gasteiger partial charge in [-0.1, -0.05) is 32.9 Å². The number of rotatable bonds is 3. The maximum atomic E-state index is 11.1. The van der Waals surface area contributed by atoms with Gasteiger partial charge in [0.05, 0.1) is 0 Å². The molecule has 0 unspecified atom stereocenters. The van der Waals surface area contributed by atoms with Gasteiger partial charge in [0, 0.05) is 0 Å². The predicted molar refractivity (Wildman–Crippen MR) is 73.7 cm³/mol. The minimum absolute atomic E-state index is 0. The fourth-order valence-corrected chi connectivity index (χ4v) is 2.22. The third-order valence-electron chi connectivity index (χ3n) is 3.24. The first-order chi connectivity index (χ1) is 8.55. The number of carbonyl (C=O) groups is 2. The van der Waals surface area contributed by atoms with Gasteiger partial charge < -0.3 is 11.6 Å². The van der Waals surface area contributed by atoms with Gasteiger partial charge in [0.2, 0.25) is 0 Å². The van der Waals surface area contributed by atoms with E-state index < -0.39 is 17.9 Å². The summed E-state index contributed by atoms with van der Waals surface area (Å²) in [4.78, 5) is 22.3. The third-order valence-corrected chi connectivity index (χ3v) is 3.24. The normalized spacial score (nSPS) is 11.1. The molecule has 0 aromatic heterocycles. The Morgan fingerprint density at radius 2 is 1.40 bits per heavy atom. The molecule has 1 aromatic carbocycles. The number of carboxylic acid groups (broad SMARTS) is 2. The number of benzene rings is 1. The van der Waals surface area contributed by atoms with Crippen LogP contribution in [0.2, 0.25) is 0 Å². The van der Waals surface area contributed by atoms with Gasteiger partial charge in [-0.3, -0.25) is 9.59 Å². The van der Waals surface area contributed by atoms with E-state index in [1.54, 1.807) is 13.8 Å². The summed E-state index contributed by atoms with van der Waals surface area (Å²) in [6, 6.07) is 3.75. The zero-order valence-electron chi connectivity index (χ0n) is 13.9. The summed E-state index contributed by atoms with van der Waals surface area (Å²) in [6.45, 7) is 9.71. The van der Waals surface area contributed by atoms with Crippen LogP contribution in [0.4, 0.5) is 0 Å². The van der Waals surface area contributed by atoms with Crippen LogP contribution >= 0.6 is 0 Å². The van der Waals surface area contributed by atoms with E-state index in [0.29, 0.717) is 16.7 Å². The summed E-state index contributed by atoms with van der Waals surface area (Å²) < 4.78 is 0. The van der Waals surface area contributed by atoms with E-state index in [4.69, 9.17) is 10.2 Å². The van der Waals surface area contributed by atoms with Crippen molar-refractivity contribution in [1.29, 1.82) is 0 Å². The molecular formula is C15H21NaO4. The molecule has 1 rings (SSSR count). The molecule has 20 heavy (non-hydrogen) atoms. The molecule has 0 fully saturated rings. The van der Waals surface area contributed by atoms with Gasteiger partial charge in [0.15, 0.2) is 5.92 Å². The number of hydrogen-bond donors (Lipinski definition) is 2. The van der Waals surface area contributed by atoms with Gasteiger partial charge in [-0.05, 0) is 41.5 Å². The van der Waals surface area contributed by atoms with Crippen molar-refractivity contribution in [2.45, 2.75) is 46.0 Å². The van der Waals surface area contributed by atoms with Gasteiger partial charge in [-0.2, -0.15) is 0 Å². The van der Waals surface area contributed by atoms with Crippen molar-refractivity contribution in [3.63, 3.8) is 0 Å². The molecular weight excluding hydrogens is 267 g/mol. The fraction of sp³-hybridized carbons (Fsp3) is 0.467.